The molecule has 0 saturated carbocycles. The summed E-state index contributed by atoms with van der Waals surface area (Å²) in [5.74, 6) is 0.199. The molecule has 5 nitrogen and oxygen atoms in total. The zero-order valence-electron chi connectivity index (χ0n) is 9.59. The highest BCUT2D eigenvalue weighted by Crippen LogP contribution is 2.09. The van der Waals surface area contributed by atoms with Gasteiger partial charge in [-0.05, 0) is 25.5 Å². The second-order valence-electron chi connectivity index (χ2n) is 3.63. The summed E-state index contributed by atoms with van der Waals surface area (Å²) in [4.78, 5) is 4.25. The lowest BCUT2D eigenvalue weighted by Crippen LogP contribution is -2.42. The summed E-state index contributed by atoms with van der Waals surface area (Å²) in [5.41, 5.74) is 6.51. The van der Waals surface area contributed by atoms with Crippen LogP contribution in [0.1, 0.15) is 32.0 Å². The van der Waals surface area contributed by atoms with Gasteiger partial charge in [0.25, 0.3) is 0 Å². The highest BCUT2D eigenvalue weighted by Gasteiger charge is 2.15. The fourth-order valence-electron chi connectivity index (χ4n) is 1.50. The molecule has 88 valence electrons. The largest absolute Gasteiger partial charge is 0.409 e. The molecular formula is C11H18N4O. The summed E-state index contributed by atoms with van der Waals surface area (Å²) in [6.07, 6.45) is 2.50. The lowest BCUT2D eigenvalue weighted by atomic mass is 10.1. The molecule has 1 aromatic heterocycles. The number of nitrogens with two attached hydrogens (primary N) is 1. The van der Waals surface area contributed by atoms with Gasteiger partial charge in [-0.3, -0.25) is 10.3 Å². The lowest BCUT2D eigenvalue weighted by molar-refractivity contribution is 0.313. The van der Waals surface area contributed by atoms with Crippen LogP contribution in [-0.2, 0) is 0 Å². The Kier molecular flexibility index (Phi) is 4.72. The van der Waals surface area contributed by atoms with Crippen LogP contribution in [0.2, 0.25) is 0 Å². The Bertz CT molecular complexity index is 339. The molecule has 0 saturated heterocycles. The zero-order chi connectivity index (χ0) is 12.0. The smallest absolute Gasteiger partial charge is 0.156 e. The maximum absolute atomic E-state index is 8.63. The molecule has 0 radical (unpaired) electrons. The maximum atomic E-state index is 8.63. The van der Waals surface area contributed by atoms with Gasteiger partial charge in [-0.2, -0.15) is 0 Å². The number of nitrogens with one attached hydrogen (secondary N) is 1. The van der Waals surface area contributed by atoms with Crippen molar-refractivity contribution in [2.45, 2.75) is 32.4 Å². The summed E-state index contributed by atoms with van der Waals surface area (Å²) in [6.45, 7) is 3.97. The minimum Gasteiger partial charge on any atom is -0.409 e. The molecule has 5 heteroatoms. The molecule has 1 rings (SSSR count). The van der Waals surface area contributed by atoms with Gasteiger partial charge in [-0.15, -0.1) is 0 Å². The quantitative estimate of drug-likeness (QED) is 0.303. The van der Waals surface area contributed by atoms with Crippen molar-refractivity contribution in [2.24, 2.45) is 10.9 Å². The summed E-state index contributed by atoms with van der Waals surface area (Å²) in [5, 5.41) is 14.9. The molecule has 0 fully saturated rings. The molecular weight excluding hydrogens is 204 g/mol. The van der Waals surface area contributed by atoms with Crippen LogP contribution in [-0.4, -0.2) is 22.1 Å². The first-order valence-electron chi connectivity index (χ1n) is 5.33. The summed E-state index contributed by atoms with van der Waals surface area (Å²) < 4.78 is 0. The van der Waals surface area contributed by atoms with E-state index in [-0.39, 0.29) is 17.9 Å². The van der Waals surface area contributed by atoms with Crippen molar-refractivity contribution in [3.05, 3.63) is 30.1 Å². The summed E-state index contributed by atoms with van der Waals surface area (Å²) >= 11 is 0. The van der Waals surface area contributed by atoms with Gasteiger partial charge in [-0.25, -0.2) is 0 Å². The van der Waals surface area contributed by atoms with Crippen molar-refractivity contribution in [1.82, 2.24) is 10.3 Å². The molecule has 0 amide bonds. The van der Waals surface area contributed by atoms with Gasteiger partial charge in [0, 0.05) is 12.2 Å². The maximum Gasteiger partial charge on any atom is 0.156 e. The molecule has 0 aliphatic rings. The Morgan fingerprint density at radius 1 is 1.62 bits per heavy atom. The van der Waals surface area contributed by atoms with Crippen molar-refractivity contribution in [2.75, 3.05) is 0 Å². The fourth-order valence-corrected chi connectivity index (χ4v) is 1.50. The average Bonchev–Trinajstić information content (AvgIpc) is 2.35. The topological polar surface area (TPSA) is 83.5 Å². The predicted octanol–water partition coefficient (Wildman–Crippen LogP) is 1.26. The van der Waals surface area contributed by atoms with E-state index in [0.717, 1.165) is 12.1 Å². The third-order valence-electron chi connectivity index (χ3n) is 2.46. The van der Waals surface area contributed by atoms with Gasteiger partial charge in [0.1, 0.15) is 0 Å². The summed E-state index contributed by atoms with van der Waals surface area (Å²) in [7, 11) is 0. The van der Waals surface area contributed by atoms with Gasteiger partial charge < -0.3 is 10.9 Å². The lowest BCUT2D eigenvalue weighted by Gasteiger charge is -2.20. The second kappa shape index (κ2) is 6.07. The molecule has 0 aliphatic heterocycles. The molecule has 0 aromatic carbocycles. The van der Waals surface area contributed by atoms with Crippen LogP contribution in [0.5, 0.6) is 0 Å². The Hall–Kier alpha value is -1.62. The van der Waals surface area contributed by atoms with Gasteiger partial charge in [0.15, 0.2) is 5.84 Å². The average molecular weight is 222 g/mol. The first-order chi connectivity index (χ1) is 7.69. The number of hydrogen-bond acceptors (Lipinski definition) is 4. The molecule has 0 bridgehead atoms. The minimum atomic E-state index is -0.137. The first-order valence-corrected chi connectivity index (χ1v) is 5.33. The minimum absolute atomic E-state index is 0.0615. The van der Waals surface area contributed by atoms with Crippen LogP contribution in [0, 0.1) is 0 Å². The Balaban J connectivity index is 2.66. The van der Waals surface area contributed by atoms with E-state index in [2.05, 4.69) is 15.5 Å². The van der Waals surface area contributed by atoms with E-state index in [0.29, 0.717) is 0 Å². The second-order valence-corrected chi connectivity index (χ2v) is 3.63. The SMILES string of the molecule is CCC(N[C@H](C)c1ccccn1)/C(N)=N/O. The van der Waals surface area contributed by atoms with E-state index in [9.17, 15) is 0 Å². The number of hydrogen-bond donors (Lipinski definition) is 3. The van der Waals surface area contributed by atoms with E-state index in [4.69, 9.17) is 10.9 Å². The number of nitrogens with zero attached hydrogens (tertiary/aromatic N) is 2. The third-order valence-corrected chi connectivity index (χ3v) is 2.46. The third kappa shape index (κ3) is 3.20. The van der Waals surface area contributed by atoms with E-state index in [1.54, 1.807) is 6.20 Å². The van der Waals surface area contributed by atoms with Gasteiger partial charge in [0.2, 0.25) is 0 Å². The fraction of sp³-hybridized carbons (Fsp3) is 0.455. The van der Waals surface area contributed by atoms with Gasteiger partial charge in [0.05, 0.1) is 11.7 Å². The number of pyridine rings is 1. The van der Waals surface area contributed by atoms with Crippen LogP contribution in [0.15, 0.2) is 29.6 Å². The monoisotopic (exact) mass is 222 g/mol. The van der Waals surface area contributed by atoms with Crippen molar-refractivity contribution in [3.8, 4) is 0 Å². The predicted molar refractivity (Wildman–Crippen MR) is 63.3 cm³/mol. The number of aromatic nitrogens is 1. The number of oxime groups is 1. The van der Waals surface area contributed by atoms with Crippen LogP contribution < -0.4 is 11.1 Å². The van der Waals surface area contributed by atoms with Crippen LogP contribution in [0.25, 0.3) is 0 Å². The highest BCUT2D eigenvalue weighted by molar-refractivity contribution is 5.85. The zero-order valence-corrected chi connectivity index (χ0v) is 9.59. The van der Waals surface area contributed by atoms with Crippen LogP contribution >= 0.6 is 0 Å². The van der Waals surface area contributed by atoms with E-state index < -0.39 is 0 Å². The van der Waals surface area contributed by atoms with E-state index >= 15 is 0 Å². The van der Waals surface area contributed by atoms with Crippen molar-refractivity contribution >= 4 is 5.84 Å². The highest BCUT2D eigenvalue weighted by atomic mass is 16.4. The van der Waals surface area contributed by atoms with Crippen LogP contribution in [0.4, 0.5) is 0 Å². The Morgan fingerprint density at radius 2 is 2.38 bits per heavy atom. The Morgan fingerprint density at radius 3 is 2.88 bits per heavy atom. The normalized spacial score (nSPS) is 15.8. The molecule has 16 heavy (non-hydrogen) atoms. The van der Waals surface area contributed by atoms with Crippen molar-refractivity contribution in [3.63, 3.8) is 0 Å². The Labute approximate surface area is 95.4 Å². The number of rotatable bonds is 5. The van der Waals surface area contributed by atoms with Gasteiger partial charge >= 0.3 is 0 Å². The molecule has 1 heterocycles. The van der Waals surface area contributed by atoms with Crippen LogP contribution in [0.3, 0.4) is 0 Å². The molecule has 0 spiro atoms. The number of amidine groups is 1. The van der Waals surface area contributed by atoms with Crippen molar-refractivity contribution in [1.29, 1.82) is 0 Å². The molecule has 2 atom stereocenters. The van der Waals surface area contributed by atoms with E-state index in [1.165, 1.54) is 0 Å². The molecule has 1 aromatic rings. The van der Waals surface area contributed by atoms with E-state index in [1.807, 2.05) is 32.0 Å². The molecule has 0 aliphatic carbocycles. The summed E-state index contributed by atoms with van der Waals surface area (Å²) in [6, 6.07) is 5.67. The first kappa shape index (κ1) is 12.4. The van der Waals surface area contributed by atoms with Crippen molar-refractivity contribution < 1.29 is 5.21 Å². The molecule has 1 unspecified atom stereocenters. The van der Waals surface area contributed by atoms with Gasteiger partial charge in [-0.1, -0.05) is 18.1 Å². The molecule has 4 N–H and O–H groups in total. The standard InChI is InChI=1S/C11H18N4O/c1-3-9(11(12)15-16)14-8(2)10-6-4-5-7-13-10/h4-9,14,16H,3H2,1-2H3,(H2,12,15)/t8-,9?/m1/s1.